The zero-order valence-corrected chi connectivity index (χ0v) is 16.8. The summed E-state index contributed by atoms with van der Waals surface area (Å²) in [6, 6.07) is 7.58. The van der Waals surface area contributed by atoms with Crippen LogP contribution in [0.4, 0.5) is 0 Å². The average Bonchev–Trinajstić information content (AvgIpc) is 2.98. The minimum absolute atomic E-state index is 0.273. The lowest BCUT2D eigenvalue weighted by Gasteiger charge is -2.34. The summed E-state index contributed by atoms with van der Waals surface area (Å²) in [6.45, 7) is 9.57. The molecule has 1 heterocycles. The Hall–Kier alpha value is -1.89. The molecule has 0 spiro atoms. The van der Waals surface area contributed by atoms with Crippen molar-refractivity contribution in [3.05, 3.63) is 42.5 Å². The second kappa shape index (κ2) is 8.87. The molecule has 150 valence electrons. The van der Waals surface area contributed by atoms with Gasteiger partial charge in [-0.05, 0) is 38.5 Å². The van der Waals surface area contributed by atoms with E-state index in [1.54, 1.807) is 20.3 Å². The first-order valence-corrected chi connectivity index (χ1v) is 9.03. The SMILES string of the molecule is C=CC[C@@]1(C(=O)OC(C)(C)C)O[C@@H](OC)C[C@@H]1OCc1ccc(OC)cc1. The van der Waals surface area contributed by atoms with Crippen LogP contribution in [0, 0.1) is 0 Å². The molecule has 6 nitrogen and oxygen atoms in total. The van der Waals surface area contributed by atoms with E-state index in [9.17, 15) is 4.79 Å². The molecule has 0 amide bonds. The van der Waals surface area contributed by atoms with Crippen molar-refractivity contribution >= 4 is 5.97 Å². The van der Waals surface area contributed by atoms with Crippen molar-refractivity contribution < 1.29 is 28.5 Å². The van der Waals surface area contributed by atoms with Crippen molar-refractivity contribution in [2.24, 2.45) is 0 Å². The van der Waals surface area contributed by atoms with E-state index in [1.165, 1.54) is 0 Å². The first kappa shape index (κ1) is 21.4. The molecule has 1 saturated heterocycles. The lowest BCUT2D eigenvalue weighted by atomic mass is 9.92. The van der Waals surface area contributed by atoms with Crippen LogP contribution in [-0.2, 0) is 30.3 Å². The second-order valence-electron chi connectivity index (χ2n) is 7.55. The summed E-state index contributed by atoms with van der Waals surface area (Å²) in [4.78, 5) is 13.0. The van der Waals surface area contributed by atoms with E-state index >= 15 is 0 Å². The number of esters is 1. The van der Waals surface area contributed by atoms with Crippen molar-refractivity contribution in [3.63, 3.8) is 0 Å². The lowest BCUT2D eigenvalue weighted by Crippen LogP contribution is -2.51. The molecule has 0 N–H and O–H groups in total. The smallest absolute Gasteiger partial charge is 0.342 e. The van der Waals surface area contributed by atoms with Crippen molar-refractivity contribution in [2.75, 3.05) is 14.2 Å². The topological polar surface area (TPSA) is 63.2 Å². The fraction of sp³-hybridized carbons (Fsp3) is 0.571. The van der Waals surface area contributed by atoms with Gasteiger partial charge < -0.3 is 23.7 Å². The van der Waals surface area contributed by atoms with Gasteiger partial charge in [-0.25, -0.2) is 4.79 Å². The maximum Gasteiger partial charge on any atom is 0.342 e. The van der Waals surface area contributed by atoms with Crippen molar-refractivity contribution in [2.45, 2.75) is 63.8 Å². The average molecular weight is 378 g/mol. The first-order valence-electron chi connectivity index (χ1n) is 9.03. The van der Waals surface area contributed by atoms with Crippen LogP contribution >= 0.6 is 0 Å². The second-order valence-corrected chi connectivity index (χ2v) is 7.55. The van der Waals surface area contributed by atoms with Gasteiger partial charge in [-0.15, -0.1) is 6.58 Å². The molecule has 0 aromatic heterocycles. The summed E-state index contributed by atoms with van der Waals surface area (Å²) in [6.07, 6.45) is 1.29. The summed E-state index contributed by atoms with van der Waals surface area (Å²) < 4.78 is 28.2. The van der Waals surface area contributed by atoms with Crippen LogP contribution in [0.2, 0.25) is 0 Å². The van der Waals surface area contributed by atoms with Gasteiger partial charge in [-0.1, -0.05) is 18.2 Å². The Morgan fingerprint density at radius 3 is 2.48 bits per heavy atom. The van der Waals surface area contributed by atoms with Crippen LogP contribution in [0.3, 0.4) is 0 Å². The molecule has 0 radical (unpaired) electrons. The van der Waals surface area contributed by atoms with E-state index in [4.69, 9.17) is 23.7 Å². The number of rotatable bonds is 8. The van der Waals surface area contributed by atoms with Crippen LogP contribution in [0.15, 0.2) is 36.9 Å². The number of hydrogen-bond donors (Lipinski definition) is 0. The highest BCUT2D eigenvalue weighted by Crippen LogP contribution is 2.39. The maximum atomic E-state index is 13.0. The van der Waals surface area contributed by atoms with E-state index in [0.29, 0.717) is 13.0 Å². The monoisotopic (exact) mass is 378 g/mol. The molecular formula is C21H30O6. The largest absolute Gasteiger partial charge is 0.497 e. The fourth-order valence-corrected chi connectivity index (χ4v) is 3.01. The van der Waals surface area contributed by atoms with Gasteiger partial charge in [0.25, 0.3) is 0 Å². The summed E-state index contributed by atoms with van der Waals surface area (Å²) in [7, 11) is 3.17. The Labute approximate surface area is 161 Å². The predicted molar refractivity (Wildman–Crippen MR) is 101 cm³/mol. The van der Waals surface area contributed by atoms with Gasteiger partial charge >= 0.3 is 5.97 Å². The molecule has 3 atom stereocenters. The molecule has 1 aliphatic heterocycles. The molecular weight excluding hydrogens is 348 g/mol. The lowest BCUT2D eigenvalue weighted by molar-refractivity contribution is -0.210. The third-order valence-electron chi connectivity index (χ3n) is 4.33. The molecule has 0 saturated carbocycles. The fourth-order valence-electron chi connectivity index (χ4n) is 3.01. The maximum absolute atomic E-state index is 13.0. The Kier molecular flexibility index (Phi) is 7.03. The highest BCUT2D eigenvalue weighted by Gasteiger charge is 2.56. The number of ether oxygens (including phenoxy) is 5. The zero-order valence-electron chi connectivity index (χ0n) is 16.8. The van der Waals surface area contributed by atoms with Gasteiger partial charge in [-0.3, -0.25) is 0 Å². The van der Waals surface area contributed by atoms with E-state index in [2.05, 4.69) is 6.58 Å². The quantitative estimate of drug-likeness (QED) is 0.508. The number of hydrogen-bond acceptors (Lipinski definition) is 6. The van der Waals surface area contributed by atoms with Gasteiger partial charge in [0, 0.05) is 20.0 Å². The Morgan fingerprint density at radius 2 is 1.96 bits per heavy atom. The normalized spacial score (nSPS) is 25.2. The van der Waals surface area contributed by atoms with Crippen molar-refractivity contribution in [1.82, 2.24) is 0 Å². The molecule has 1 fully saturated rings. The third-order valence-corrected chi connectivity index (χ3v) is 4.33. The summed E-state index contributed by atoms with van der Waals surface area (Å²) in [5.74, 6) is 0.311. The highest BCUT2D eigenvalue weighted by molar-refractivity contribution is 5.81. The minimum atomic E-state index is -1.28. The molecule has 0 aliphatic carbocycles. The van der Waals surface area contributed by atoms with Crippen molar-refractivity contribution in [3.8, 4) is 5.75 Å². The van der Waals surface area contributed by atoms with Crippen molar-refractivity contribution in [1.29, 1.82) is 0 Å². The van der Waals surface area contributed by atoms with Crippen LogP contribution in [0.1, 0.15) is 39.2 Å². The minimum Gasteiger partial charge on any atom is -0.497 e. The molecule has 6 heteroatoms. The number of carbonyl (C=O) groups is 1. The van der Waals surface area contributed by atoms with E-state index in [-0.39, 0.29) is 6.42 Å². The predicted octanol–water partition coefficient (Wildman–Crippen LogP) is 3.63. The molecule has 1 aromatic rings. The van der Waals surface area contributed by atoms with Crippen LogP contribution < -0.4 is 4.74 Å². The molecule has 2 rings (SSSR count). The van der Waals surface area contributed by atoms with E-state index in [0.717, 1.165) is 11.3 Å². The first-order chi connectivity index (χ1) is 12.7. The van der Waals surface area contributed by atoms with E-state index < -0.39 is 29.6 Å². The molecule has 0 unspecified atom stereocenters. The molecule has 27 heavy (non-hydrogen) atoms. The van der Waals surface area contributed by atoms with Gasteiger partial charge in [0.1, 0.15) is 17.5 Å². The highest BCUT2D eigenvalue weighted by atomic mass is 16.7. The third kappa shape index (κ3) is 5.31. The summed E-state index contributed by atoms with van der Waals surface area (Å²) in [5, 5.41) is 0. The zero-order chi connectivity index (χ0) is 20.1. The number of methoxy groups -OCH3 is 2. The molecule has 0 bridgehead atoms. The van der Waals surface area contributed by atoms with Gasteiger partial charge in [0.05, 0.1) is 13.7 Å². The molecule has 1 aliphatic rings. The Morgan fingerprint density at radius 1 is 1.30 bits per heavy atom. The number of benzene rings is 1. The number of carbonyl (C=O) groups excluding carboxylic acids is 1. The Balaban J connectivity index is 2.20. The Bertz CT molecular complexity index is 633. The van der Waals surface area contributed by atoms with Crippen LogP contribution in [-0.4, -0.2) is 43.8 Å². The molecule has 1 aromatic carbocycles. The van der Waals surface area contributed by atoms with Crippen LogP contribution in [0.5, 0.6) is 5.75 Å². The van der Waals surface area contributed by atoms with Gasteiger partial charge in [0.15, 0.2) is 11.9 Å². The van der Waals surface area contributed by atoms with Gasteiger partial charge in [-0.2, -0.15) is 0 Å². The van der Waals surface area contributed by atoms with Crippen LogP contribution in [0.25, 0.3) is 0 Å². The van der Waals surface area contributed by atoms with Gasteiger partial charge in [0.2, 0.25) is 0 Å². The van der Waals surface area contributed by atoms with E-state index in [1.807, 2.05) is 45.0 Å². The summed E-state index contributed by atoms with van der Waals surface area (Å²) in [5.41, 5.74) is -0.948. The summed E-state index contributed by atoms with van der Waals surface area (Å²) >= 11 is 0. The standard InChI is InChI=1S/C21H30O6/c1-7-12-21(19(22)27-20(2,3)4)17(13-18(24-6)26-21)25-14-15-8-10-16(23-5)11-9-15/h7-11,17-18H,1,12-14H2,2-6H3/t17-,18+,21+/m0/s1.